The van der Waals surface area contributed by atoms with E-state index in [1.807, 2.05) is 17.5 Å². The van der Waals surface area contributed by atoms with E-state index in [2.05, 4.69) is 15.4 Å². The van der Waals surface area contributed by atoms with Crippen LogP contribution in [-0.2, 0) is 16.1 Å². The summed E-state index contributed by atoms with van der Waals surface area (Å²) in [6.45, 7) is 0.441. The van der Waals surface area contributed by atoms with Gasteiger partial charge in [-0.1, -0.05) is 6.07 Å². The van der Waals surface area contributed by atoms with Crippen LogP contribution in [0.25, 0.3) is 0 Å². The van der Waals surface area contributed by atoms with Gasteiger partial charge in [-0.3, -0.25) is 10.1 Å². The van der Waals surface area contributed by atoms with E-state index in [9.17, 15) is 9.59 Å². The number of methoxy groups -OCH3 is 1. The van der Waals surface area contributed by atoms with Crippen molar-refractivity contribution >= 4 is 29.0 Å². The Morgan fingerprint density at radius 2 is 1.95 bits per heavy atom. The highest BCUT2D eigenvalue weighted by Crippen LogP contribution is 2.15. The number of anilines is 1. The fraction of sp³-hybridized carbons (Fsp3) is 0.200. The lowest BCUT2D eigenvalue weighted by molar-refractivity contribution is -0.123. The van der Waals surface area contributed by atoms with Gasteiger partial charge in [0.1, 0.15) is 5.75 Å². The molecule has 2 aromatic rings. The zero-order valence-corrected chi connectivity index (χ0v) is 12.8. The van der Waals surface area contributed by atoms with Crippen LogP contribution in [0.1, 0.15) is 4.88 Å². The molecule has 116 valence electrons. The molecule has 0 aliphatic carbocycles. The molecule has 0 fully saturated rings. The van der Waals surface area contributed by atoms with Crippen LogP contribution >= 0.6 is 11.3 Å². The van der Waals surface area contributed by atoms with E-state index in [-0.39, 0.29) is 12.5 Å². The van der Waals surface area contributed by atoms with Gasteiger partial charge in [-0.05, 0) is 35.7 Å². The van der Waals surface area contributed by atoms with Crippen LogP contribution in [-0.4, -0.2) is 25.7 Å². The van der Waals surface area contributed by atoms with Crippen LogP contribution in [0.15, 0.2) is 41.8 Å². The van der Waals surface area contributed by atoms with Crippen molar-refractivity contribution < 1.29 is 19.1 Å². The van der Waals surface area contributed by atoms with Gasteiger partial charge in [0.25, 0.3) is 5.91 Å². The van der Waals surface area contributed by atoms with Crippen molar-refractivity contribution in [3.63, 3.8) is 0 Å². The normalized spacial score (nSPS) is 9.86. The maximum atomic E-state index is 11.7. The number of carbonyl (C=O) groups is 2. The highest BCUT2D eigenvalue weighted by atomic mass is 32.1. The molecular weight excluding hydrogens is 304 g/mol. The monoisotopic (exact) mass is 320 g/mol. The lowest BCUT2D eigenvalue weighted by Gasteiger charge is -2.08. The minimum Gasteiger partial charge on any atom is -0.484 e. The second-order valence-electron chi connectivity index (χ2n) is 4.29. The first kappa shape index (κ1) is 15.8. The maximum Gasteiger partial charge on any atom is 0.411 e. The van der Waals surface area contributed by atoms with Crippen LogP contribution in [0.3, 0.4) is 0 Å². The quantitative estimate of drug-likeness (QED) is 0.858. The van der Waals surface area contributed by atoms with Crippen LogP contribution in [0.5, 0.6) is 5.75 Å². The number of hydrogen-bond donors (Lipinski definition) is 2. The molecule has 0 spiro atoms. The Morgan fingerprint density at radius 1 is 1.18 bits per heavy atom. The van der Waals surface area contributed by atoms with E-state index >= 15 is 0 Å². The second-order valence-corrected chi connectivity index (χ2v) is 5.32. The average molecular weight is 320 g/mol. The van der Waals surface area contributed by atoms with Crippen LogP contribution in [0, 0.1) is 0 Å². The molecule has 1 aromatic heterocycles. The number of carbonyl (C=O) groups excluding carboxylic acids is 2. The summed E-state index contributed by atoms with van der Waals surface area (Å²) in [7, 11) is 1.29. The van der Waals surface area contributed by atoms with Gasteiger partial charge in [0.2, 0.25) is 0 Å². The number of thiophene rings is 1. The van der Waals surface area contributed by atoms with Crippen molar-refractivity contribution in [2.45, 2.75) is 6.54 Å². The topological polar surface area (TPSA) is 76.7 Å². The molecule has 0 aliphatic rings. The zero-order chi connectivity index (χ0) is 15.8. The molecule has 1 aromatic carbocycles. The molecule has 2 amide bonds. The summed E-state index contributed by atoms with van der Waals surface area (Å²) in [6, 6.07) is 10.5. The van der Waals surface area contributed by atoms with E-state index in [0.29, 0.717) is 18.0 Å². The standard InChI is InChI=1S/C15H16N2O4S/c1-20-15(19)17-11-4-6-12(7-5-11)21-10-14(18)16-9-13-3-2-8-22-13/h2-8H,9-10H2,1H3,(H,16,18)(H,17,19). The van der Waals surface area contributed by atoms with E-state index in [0.717, 1.165) is 4.88 Å². The number of hydrogen-bond acceptors (Lipinski definition) is 5. The number of ether oxygens (including phenoxy) is 2. The molecular formula is C15H16N2O4S. The Kier molecular flexibility index (Phi) is 5.79. The Bertz CT molecular complexity index is 611. The highest BCUT2D eigenvalue weighted by molar-refractivity contribution is 7.09. The van der Waals surface area contributed by atoms with Gasteiger partial charge >= 0.3 is 6.09 Å². The summed E-state index contributed by atoms with van der Waals surface area (Å²) >= 11 is 1.59. The molecule has 22 heavy (non-hydrogen) atoms. The molecule has 0 unspecified atom stereocenters. The fourth-order valence-electron chi connectivity index (χ4n) is 1.60. The Morgan fingerprint density at radius 3 is 2.59 bits per heavy atom. The first-order valence-electron chi connectivity index (χ1n) is 6.54. The van der Waals surface area contributed by atoms with Crippen molar-refractivity contribution in [3.05, 3.63) is 46.7 Å². The molecule has 0 aliphatic heterocycles. The van der Waals surface area contributed by atoms with Gasteiger partial charge < -0.3 is 14.8 Å². The summed E-state index contributed by atoms with van der Waals surface area (Å²) in [5.74, 6) is 0.354. The summed E-state index contributed by atoms with van der Waals surface area (Å²) in [5.41, 5.74) is 0.585. The van der Waals surface area contributed by atoms with Gasteiger partial charge in [-0.2, -0.15) is 0 Å². The third kappa shape index (κ3) is 5.10. The van der Waals surface area contributed by atoms with Crippen molar-refractivity contribution in [2.24, 2.45) is 0 Å². The van der Waals surface area contributed by atoms with Crippen molar-refractivity contribution in [1.82, 2.24) is 5.32 Å². The SMILES string of the molecule is COC(=O)Nc1ccc(OCC(=O)NCc2cccs2)cc1. The minimum atomic E-state index is -0.540. The molecule has 0 saturated heterocycles. The lowest BCUT2D eigenvalue weighted by Crippen LogP contribution is -2.28. The van der Waals surface area contributed by atoms with E-state index in [1.165, 1.54) is 7.11 Å². The second kappa shape index (κ2) is 8.04. The minimum absolute atomic E-state index is 0.0604. The smallest absolute Gasteiger partial charge is 0.411 e. The Hall–Kier alpha value is -2.54. The summed E-state index contributed by atoms with van der Waals surface area (Å²) < 4.78 is 9.86. The number of nitrogens with one attached hydrogen (secondary N) is 2. The van der Waals surface area contributed by atoms with Gasteiger partial charge in [-0.15, -0.1) is 11.3 Å². The van der Waals surface area contributed by atoms with E-state index < -0.39 is 6.09 Å². The predicted molar refractivity (Wildman–Crippen MR) is 84.1 cm³/mol. The van der Waals surface area contributed by atoms with Crippen LogP contribution < -0.4 is 15.4 Å². The first-order valence-corrected chi connectivity index (χ1v) is 7.42. The lowest BCUT2D eigenvalue weighted by atomic mass is 10.3. The molecule has 0 bridgehead atoms. The van der Waals surface area contributed by atoms with Gasteiger partial charge in [-0.25, -0.2) is 4.79 Å². The Balaban J connectivity index is 1.74. The molecule has 0 radical (unpaired) electrons. The number of rotatable bonds is 6. The van der Waals surface area contributed by atoms with Crippen LogP contribution in [0.2, 0.25) is 0 Å². The van der Waals surface area contributed by atoms with Crippen molar-refractivity contribution in [1.29, 1.82) is 0 Å². The molecule has 0 atom stereocenters. The van der Waals surface area contributed by atoms with Crippen LogP contribution in [0.4, 0.5) is 10.5 Å². The van der Waals surface area contributed by atoms with Crippen molar-refractivity contribution in [3.8, 4) is 5.75 Å². The molecule has 1 heterocycles. The zero-order valence-electron chi connectivity index (χ0n) is 12.0. The van der Waals surface area contributed by atoms with Gasteiger partial charge in [0.15, 0.2) is 6.61 Å². The highest BCUT2D eigenvalue weighted by Gasteiger charge is 2.04. The number of amides is 2. The number of benzene rings is 1. The molecule has 7 heteroatoms. The van der Waals surface area contributed by atoms with E-state index in [1.54, 1.807) is 35.6 Å². The summed E-state index contributed by atoms with van der Waals surface area (Å²) in [4.78, 5) is 23.8. The average Bonchev–Trinajstić information content (AvgIpc) is 3.05. The molecule has 2 N–H and O–H groups in total. The molecule has 6 nitrogen and oxygen atoms in total. The summed E-state index contributed by atoms with van der Waals surface area (Å²) in [6.07, 6.45) is -0.540. The fourth-order valence-corrected chi connectivity index (χ4v) is 2.25. The third-order valence-corrected chi connectivity index (χ3v) is 3.57. The predicted octanol–water partition coefficient (Wildman–Crippen LogP) is 2.62. The van der Waals surface area contributed by atoms with Crippen molar-refractivity contribution in [2.75, 3.05) is 19.0 Å². The summed E-state index contributed by atoms with van der Waals surface area (Å²) in [5, 5.41) is 7.26. The van der Waals surface area contributed by atoms with Gasteiger partial charge in [0.05, 0.1) is 13.7 Å². The largest absolute Gasteiger partial charge is 0.484 e. The molecule has 2 rings (SSSR count). The van der Waals surface area contributed by atoms with Gasteiger partial charge in [0, 0.05) is 10.6 Å². The Labute approximate surface area is 132 Å². The molecule has 0 saturated carbocycles. The van der Waals surface area contributed by atoms with E-state index in [4.69, 9.17) is 4.74 Å². The third-order valence-electron chi connectivity index (χ3n) is 2.70. The first-order chi connectivity index (χ1) is 10.7. The maximum absolute atomic E-state index is 11.7.